The van der Waals surface area contributed by atoms with Crippen LogP contribution in [0.25, 0.3) is 0 Å². The summed E-state index contributed by atoms with van der Waals surface area (Å²) in [4.78, 5) is 13.3. The Morgan fingerprint density at radius 2 is 1.50 bits per heavy atom. The maximum atomic E-state index is 13.3. The normalized spacial score (nSPS) is 28.5. The standard InChI is InChI=1S/C28H36N2O3S/c1-4-26(30(34(3,32)33)25-11-5-19(2)6-12-25)27(31)29-24-9-7-23(8-10-24)28-16-20-13-21(17-28)15-22(14-20)18-28/h5-12,20-22,26H,4,13-18H2,1-3H3,(H,29,31)/t20?,21?,22?,26-,28?/m1/s1. The number of benzene rings is 2. The molecule has 4 aliphatic rings. The van der Waals surface area contributed by atoms with Gasteiger partial charge in [0.1, 0.15) is 6.04 Å². The monoisotopic (exact) mass is 480 g/mol. The summed E-state index contributed by atoms with van der Waals surface area (Å²) in [5, 5.41) is 2.98. The van der Waals surface area contributed by atoms with Gasteiger partial charge >= 0.3 is 0 Å². The zero-order valence-electron chi connectivity index (χ0n) is 20.5. The highest BCUT2D eigenvalue weighted by Gasteiger charge is 2.51. The van der Waals surface area contributed by atoms with Crippen LogP contribution in [0, 0.1) is 24.7 Å². The van der Waals surface area contributed by atoms with Gasteiger partial charge in [-0.2, -0.15) is 0 Å². The lowest BCUT2D eigenvalue weighted by Crippen LogP contribution is -2.48. The van der Waals surface area contributed by atoms with E-state index in [1.807, 2.05) is 38.1 Å². The van der Waals surface area contributed by atoms with Crippen molar-refractivity contribution in [2.24, 2.45) is 17.8 Å². The number of amides is 1. The summed E-state index contributed by atoms with van der Waals surface area (Å²) in [5.41, 5.74) is 3.99. The van der Waals surface area contributed by atoms with Crippen LogP contribution < -0.4 is 9.62 Å². The van der Waals surface area contributed by atoms with E-state index in [4.69, 9.17) is 0 Å². The second-order valence-corrected chi connectivity index (χ2v) is 12.9. The number of hydrogen-bond acceptors (Lipinski definition) is 3. The molecule has 182 valence electrons. The Balaban J connectivity index is 1.34. The molecule has 1 amide bonds. The Labute approximate surface area is 204 Å². The second-order valence-electron chi connectivity index (χ2n) is 11.1. The molecule has 1 N–H and O–H groups in total. The quantitative estimate of drug-likeness (QED) is 0.557. The van der Waals surface area contributed by atoms with Gasteiger partial charge in [0, 0.05) is 5.69 Å². The first-order valence-electron chi connectivity index (χ1n) is 12.6. The highest BCUT2D eigenvalue weighted by molar-refractivity contribution is 7.92. The predicted octanol–water partition coefficient (Wildman–Crippen LogP) is 5.65. The zero-order valence-corrected chi connectivity index (χ0v) is 21.3. The lowest BCUT2D eigenvalue weighted by Gasteiger charge is -2.57. The van der Waals surface area contributed by atoms with E-state index in [9.17, 15) is 13.2 Å². The summed E-state index contributed by atoms with van der Waals surface area (Å²) < 4.78 is 26.6. The van der Waals surface area contributed by atoms with Crippen molar-refractivity contribution >= 4 is 27.3 Å². The molecule has 0 heterocycles. The molecule has 2 aromatic rings. The van der Waals surface area contributed by atoms with E-state index < -0.39 is 16.1 Å². The first-order valence-corrected chi connectivity index (χ1v) is 14.5. The van der Waals surface area contributed by atoms with Gasteiger partial charge in [-0.1, -0.05) is 36.8 Å². The maximum absolute atomic E-state index is 13.3. The molecule has 4 bridgehead atoms. The SMILES string of the molecule is CC[C@H](C(=O)Nc1ccc(C23CC4CC(CC(C4)C2)C3)cc1)N(c1ccc(C)cc1)S(C)(=O)=O. The number of carbonyl (C=O) groups excluding carboxylic acids is 1. The number of sulfonamides is 1. The predicted molar refractivity (Wildman–Crippen MR) is 138 cm³/mol. The summed E-state index contributed by atoms with van der Waals surface area (Å²) in [6, 6.07) is 14.8. The Hall–Kier alpha value is -2.34. The summed E-state index contributed by atoms with van der Waals surface area (Å²) in [6.45, 7) is 3.79. The van der Waals surface area contributed by atoms with Gasteiger partial charge in [-0.25, -0.2) is 8.42 Å². The summed E-state index contributed by atoms with van der Waals surface area (Å²) in [6.07, 6.45) is 9.71. The van der Waals surface area contributed by atoms with Gasteiger partial charge in [0.2, 0.25) is 15.9 Å². The Kier molecular flexibility index (Phi) is 5.99. The lowest BCUT2D eigenvalue weighted by atomic mass is 9.48. The molecule has 0 aromatic heterocycles. The van der Waals surface area contributed by atoms with Crippen molar-refractivity contribution in [1.82, 2.24) is 0 Å². The van der Waals surface area contributed by atoms with Gasteiger partial charge in [0.25, 0.3) is 0 Å². The van der Waals surface area contributed by atoms with E-state index in [0.29, 0.717) is 23.2 Å². The average molecular weight is 481 g/mol. The third-order valence-electron chi connectivity index (χ3n) is 8.42. The third-order valence-corrected chi connectivity index (χ3v) is 9.60. The first kappa shape index (κ1) is 23.4. The van der Waals surface area contributed by atoms with Crippen molar-refractivity contribution in [1.29, 1.82) is 0 Å². The number of hydrogen-bond donors (Lipinski definition) is 1. The van der Waals surface area contributed by atoms with Crippen LogP contribution in [0.15, 0.2) is 48.5 Å². The maximum Gasteiger partial charge on any atom is 0.248 e. The largest absolute Gasteiger partial charge is 0.324 e. The van der Waals surface area contributed by atoms with Crippen LogP contribution in [0.4, 0.5) is 11.4 Å². The van der Waals surface area contributed by atoms with Crippen LogP contribution in [0.2, 0.25) is 0 Å². The van der Waals surface area contributed by atoms with Crippen molar-refractivity contribution in [3.63, 3.8) is 0 Å². The minimum atomic E-state index is -3.64. The molecule has 4 aliphatic carbocycles. The molecule has 0 radical (unpaired) electrons. The van der Waals surface area contributed by atoms with Crippen molar-refractivity contribution < 1.29 is 13.2 Å². The fraction of sp³-hybridized carbons (Fsp3) is 0.536. The average Bonchev–Trinajstić information content (AvgIpc) is 2.77. The minimum Gasteiger partial charge on any atom is -0.324 e. The van der Waals surface area contributed by atoms with E-state index in [1.165, 1.54) is 48.4 Å². The van der Waals surface area contributed by atoms with E-state index in [0.717, 1.165) is 29.6 Å². The smallest absolute Gasteiger partial charge is 0.248 e. The van der Waals surface area contributed by atoms with Gasteiger partial charge in [-0.3, -0.25) is 9.10 Å². The van der Waals surface area contributed by atoms with E-state index in [2.05, 4.69) is 17.4 Å². The number of nitrogens with one attached hydrogen (secondary N) is 1. The van der Waals surface area contributed by atoms with Crippen LogP contribution in [-0.2, 0) is 20.2 Å². The van der Waals surface area contributed by atoms with Crippen LogP contribution in [0.5, 0.6) is 0 Å². The fourth-order valence-corrected chi connectivity index (χ4v) is 8.56. The molecule has 2 aromatic carbocycles. The molecule has 4 fully saturated rings. The summed E-state index contributed by atoms with van der Waals surface area (Å²) in [5.74, 6) is 2.36. The highest BCUT2D eigenvalue weighted by atomic mass is 32.2. The molecular formula is C28H36N2O3S. The van der Waals surface area contributed by atoms with Gasteiger partial charge in [0.15, 0.2) is 0 Å². The Morgan fingerprint density at radius 1 is 0.971 bits per heavy atom. The molecule has 0 unspecified atom stereocenters. The topological polar surface area (TPSA) is 66.5 Å². The molecule has 6 heteroatoms. The van der Waals surface area contributed by atoms with Crippen molar-refractivity contribution in [3.05, 3.63) is 59.7 Å². The number of aryl methyl sites for hydroxylation is 1. The molecule has 5 nitrogen and oxygen atoms in total. The number of anilines is 2. The molecule has 0 saturated heterocycles. The molecule has 0 spiro atoms. The number of carbonyl (C=O) groups is 1. The third kappa shape index (κ3) is 4.37. The van der Waals surface area contributed by atoms with Gasteiger partial charge < -0.3 is 5.32 Å². The molecule has 1 atom stereocenters. The minimum absolute atomic E-state index is 0.309. The lowest BCUT2D eigenvalue weighted by molar-refractivity contribution is -0.117. The summed E-state index contributed by atoms with van der Waals surface area (Å²) >= 11 is 0. The molecule has 34 heavy (non-hydrogen) atoms. The van der Waals surface area contributed by atoms with Crippen LogP contribution in [0.3, 0.4) is 0 Å². The van der Waals surface area contributed by atoms with Crippen LogP contribution in [0.1, 0.15) is 63.0 Å². The zero-order chi connectivity index (χ0) is 24.1. The number of nitrogens with zero attached hydrogens (tertiary/aromatic N) is 1. The van der Waals surface area contributed by atoms with Gasteiger partial charge in [-0.15, -0.1) is 0 Å². The Morgan fingerprint density at radius 3 is 1.97 bits per heavy atom. The van der Waals surface area contributed by atoms with Crippen LogP contribution in [-0.4, -0.2) is 26.6 Å². The van der Waals surface area contributed by atoms with Gasteiger partial charge in [0.05, 0.1) is 11.9 Å². The van der Waals surface area contributed by atoms with Crippen molar-refractivity contribution in [3.8, 4) is 0 Å². The van der Waals surface area contributed by atoms with Crippen molar-refractivity contribution in [2.45, 2.75) is 70.3 Å². The molecule has 6 rings (SSSR count). The molecule has 4 saturated carbocycles. The first-order chi connectivity index (χ1) is 16.2. The van der Waals surface area contributed by atoms with Gasteiger partial charge in [-0.05, 0) is 105 Å². The molecular weight excluding hydrogens is 444 g/mol. The highest BCUT2D eigenvalue weighted by Crippen LogP contribution is 2.60. The van der Waals surface area contributed by atoms with Crippen molar-refractivity contribution in [2.75, 3.05) is 15.9 Å². The van der Waals surface area contributed by atoms with E-state index in [-0.39, 0.29) is 5.91 Å². The van der Waals surface area contributed by atoms with E-state index >= 15 is 0 Å². The molecule has 0 aliphatic heterocycles. The Bertz CT molecular complexity index is 1120. The fourth-order valence-electron chi connectivity index (χ4n) is 7.35. The summed E-state index contributed by atoms with van der Waals surface area (Å²) in [7, 11) is -3.64. The second kappa shape index (κ2) is 8.71. The van der Waals surface area contributed by atoms with Crippen LogP contribution >= 0.6 is 0 Å². The van der Waals surface area contributed by atoms with E-state index in [1.54, 1.807) is 12.1 Å². The number of rotatable bonds is 7.